The highest BCUT2D eigenvalue weighted by Gasteiger charge is 2.25. The number of hydrogen-bond donors (Lipinski definition) is 1. The highest BCUT2D eigenvalue weighted by Crippen LogP contribution is 2.31. The van der Waals surface area contributed by atoms with Gasteiger partial charge in [0, 0.05) is 72.9 Å². The molecule has 1 atom stereocenters. The molecule has 0 aliphatic carbocycles. The van der Waals surface area contributed by atoms with Crippen LogP contribution in [-0.2, 0) is 11.2 Å². The van der Waals surface area contributed by atoms with E-state index >= 15 is 0 Å². The third-order valence-corrected chi connectivity index (χ3v) is 8.16. The molecule has 2 aliphatic rings. The normalized spacial score (nSPS) is 17.4. The molecule has 2 saturated heterocycles. The standard InChI is InChI=1S/C33H37FN6O/c1-23(25-18-26(34)21-29(20-25)39-14-16-41-17-15-39)36-32-9-8-24(30-6-4-5-7-31(30)32)19-27-10-12-35-33(37-27)40-13-11-28(22-40)38(2)3/h4-10,12,18,20-21,28,36H,1,11,13-17,19,22H2,2-3H3. The van der Waals surface area contributed by atoms with Gasteiger partial charge in [0.05, 0.1) is 18.9 Å². The maximum atomic E-state index is 14.6. The van der Waals surface area contributed by atoms with Gasteiger partial charge in [0.1, 0.15) is 5.82 Å². The Labute approximate surface area is 241 Å². The highest BCUT2D eigenvalue weighted by atomic mass is 19.1. The number of nitrogens with zero attached hydrogens (tertiary/aromatic N) is 5. The average Bonchev–Trinajstić information content (AvgIpc) is 3.50. The first kappa shape index (κ1) is 27.2. The molecule has 7 nitrogen and oxygen atoms in total. The number of halogens is 1. The summed E-state index contributed by atoms with van der Waals surface area (Å²) >= 11 is 0. The minimum absolute atomic E-state index is 0.275. The van der Waals surface area contributed by atoms with E-state index < -0.39 is 0 Å². The van der Waals surface area contributed by atoms with Crippen molar-refractivity contribution in [1.82, 2.24) is 14.9 Å². The van der Waals surface area contributed by atoms with E-state index in [0.29, 0.717) is 31.4 Å². The Balaban J connectivity index is 1.22. The van der Waals surface area contributed by atoms with Gasteiger partial charge in [0.15, 0.2) is 0 Å². The molecule has 3 heterocycles. The van der Waals surface area contributed by atoms with Crippen molar-refractivity contribution < 1.29 is 9.13 Å². The van der Waals surface area contributed by atoms with Gasteiger partial charge in [-0.05, 0) is 61.8 Å². The molecule has 0 saturated carbocycles. The summed E-state index contributed by atoms with van der Waals surface area (Å²) < 4.78 is 20.1. The van der Waals surface area contributed by atoms with Crippen molar-refractivity contribution in [3.8, 4) is 0 Å². The lowest BCUT2D eigenvalue weighted by molar-refractivity contribution is 0.122. The lowest BCUT2D eigenvalue weighted by Gasteiger charge is -2.29. The second-order valence-electron chi connectivity index (χ2n) is 11.1. The molecule has 41 heavy (non-hydrogen) atoms. The summed E-state index contributed by atoms with van der Waals surface area (Å²) in [5, 5.41) is 5.70. The van der Waals surface area contributed by atoms with Gasteiger partial charge in [0.25, 0.3) is 0 Å². The van der Waals surface area contributed by atoms with E-state index in [1.165, 1.54) is 11.6 Å². The van der Waals surface area contributed by atoms with Gasteiger partial charge in [-0.25, -0.2) is 14.4 Å². The molecule has 212 valence electrons. The van der Waals surface area contributed by atoms with Crippen LogP contribution in [0, 0.1) is 5.82 Å². The highest BCUT2D eigenvalue weighted by molar-refractivity contribution is 5.99. The number of likely N-dealkylation sites (N-methyl/N-ethyl adjacent to an activating group) is 1. The lowest BCUT2D eigenvalue weighted by Crippen LogP contribution is -2.36. The average molecular weight is 553 g/mol. The van der Waals surface area contributed by atoms with Crippen molar-refractivity contribution in [1.29, 1.82) is 0 Å². The Kier molecular flexibility index (Phi) is 7.85. The maximum Gasteiger partial charge on any atom is 0.225 e. The molecular weight excluding hydrogens is 515 g/mol. The number of fused-ring (bicyclic) bond motifs is 1. The minimum atomic E-state index is -0.275. The van der Waals surface area contributed by atoms with Crippen LogP contribution in [0.5, 0.6) is 0 Å². The molecule has 4 aromatic rings. The second kappa shape index (κ2) is 11.8. The molecule has 0 bridgehead atoms. The summed E-state index contributed by atoms with van der Waals surface area (Å²) in [6.07, 6.45) is 3.69. The summed E-state index contributed by atoms with van der Waals surface area (Å²) in [4.78, 5) is 16.2. The van der Waals surface area contributed by atoms with Crippen molar-refractivity contribution in [2.75, 3.05) is 68.6 Å². The SMILES string of the molecule is C=C(Nc1ccc(Cc2ccnc(N3CCC(N(C)C)C3)n2)c2ccccc12)c1cc(F)cc(N2CCOCC2)c1. The summed E-state index contributed by atoms with van der Waals surface area (Å²) in [6.45, 7) is 8.97. The zero-order chi connectivity index (χ0) is 28.3. The minimum Gasteiger partial charge on any atom is -0.378 e. The first-order valence-electron chi connectivity index (χ1n) is 14.3. The summed E-state index contributed by atoms with van der Waals surface area (Å²) in [6, 6.07) is 20.2. The van der Waals surface area contributed by atoms with E-state index in [2.05, 4.69) is 76.0 Å². The number of benzene rings is 3. The molecule has 2 aliphatic heterocycles. The summed E-state index contributed by atoms with van der Waals surface area (Å²) in [7, 11) is 4.26. The first-order chi connectivity index (χ1) is 19.9. The molecule has 0 amide bonds. The number of anilines is 3. The molecule has 8 heteroatoms. The number of rotatable bonds is 8. The zero-order valence-electron chi connectivity index (χ0n) is 23.8. The quantitative estimate of drug-likeness (QED) is 0.313. The largest absolute Gasteiger partial charge is 0.378 e. The Bertz CT molecular complexity index is 1550. The number of hydrogen-bond acceptors (Lipinski definition) is 7. The van der Waals surface area contributed by atoms with Crippen LogP contribution in [0.2, 0.25) is 0 Å². The van der Waals surface area contributed by atoms with Crippen LogP contribution < -0.4 is 15.1 Å². The van der Waals surface area contributed by atoms with Gasteiger partial charge >= 0.3 is 0 Å². The number of ether oxygens (including phenoxy) is 1. The summed E-state index contributed by atoms with van der Waals surface area (Å²) in [5.74, 6) is 0.528. The van der Waals surface area contributed by atoms with Crippen LogP contribution in [0.25, 0.3) is 16.5 Å². The van der Waals surface area contributed by atoms with Crippen molar-refractivity contribution in [2.45, 2.75) is 18.9 Å². The first-order valence-corrected chi connectivity index (χ1v) is 14.3. The third kappa shape index (κ3) is 6.04. The van der Waals surface area contributed by atoms with Crippen molar-refractivity contribution in [3.05, 3.63) is 96.1 Å². The van der Waals surface area contributed by atoms with Gasteiger partial charge in [-0.3, -0.25) is 0 Å². The third-order valence-electron chi connectivity index (χ3n) is 8.16. The van der Waals surface area contributed by atoms with Crippen LogP contribution in [0.3, 0.4) is 0 Å². The van der Waals surface area contributed by atoms with Gasteiger partial charge in [-0.2, -0.15) is 0 Å². The Morgan fingerprint density at radius 3 is 2.61 bits per heavy atom. The van der Waals surface area contributed by atoms with Crippen LogP contribution in [0.15, 0.2) is 73.4 Å². The fourth-order valence-corrected chi connectivity index (χ4v) is 5.79. The molecule has 1 aromatic heterocycles. The number of morpholine rings is 1. The van der Waals surface area contributed by atoms with Crippen LogP contribution in [0.1, 0.15) is 23.2 Å². The molecule has 6 rings (SSSR count). The van der Waals surface area contributed by atoms with Crippen LogP contribution in [0.4, 0.5) is 21.7 Å². The van der Waals surface area contributed by atoms with E-state index in [1.807, 2.05) is 24.4 Å². The van der Waals surface area contributed by atoms with Gasteiger partial charge in [0.2, 0.25) is 5.95 Å². The van der Waals surface area contributed by atoms with Crippen LogP contribution in [-0.4, -0.2) is 74.4 Å². The Hall–Kier alpha value is -4.01. The molecular formula is C33H37FN6O. The predicted octanol–water partition coefficient (Wildman–Crippen LogP) is 5.42. The fourth-order valence-electron chi connectivity index (χ4n) is 5.79. The van der Waals surface area contributed by atoms with Crippen molar-refractivity contribution in [3.63, 3.8) is 0 Å². The number of aromatic nitrogens is 2. The smallest absolute Gasteiger partial charge is 0.225 e. The molecule has 1 unspecified atom stereocenters. The van der Waals surface area contributed by atoms with Gasteiger partial charge in [-0.1, -0.05) is 36.9 Å². The molecule has 0 spiro atoms. The molecule has 3 aromatic carbocycles. The Morgan fingerprint density at radius 2 is 1.83 bits per heavy atom. The van der Waals surface area contributed by atoms with E-state index in [4.69, 9.17) is 9.72 Å². The molecule has 1 N–H and O–H groups in total. The van der Waals surface area contributed by atoms with Gasteiger partial charge < -0.3 is 24.8 Å². The second-order valence-corrected chi connectivity index (χ2v) is 11.1. The van der Waals surface area contributed by atoms with Crippen molar-refractivity contribution >= 4 is 33.8 Å². The fraction of sp³-hybridized carbons (Fsp3) is 0.333. The van der Waals surface area contributed by atoms with E-state index in [-0.39, 0.29) is 5.82 Å². The molecule has 0 radical (unpaired) electrons. The van der Waals surface area contributed by atoms with Crippen LogP contribution >= 0.6 is 0 Å². The van der Waals surface area contributed by atoms with E-state index in [1.54, 1.807) is 6.07 Å². The lowest BCUT2D eigenvalue weighted by atomic mass is 9.99. The summed E-state index contributed by atoms with van der Waals surface area (Å²) in [5.41, 5.74) is 5.34. The zero-order valence-corrected chi connectivity index (χ0v) is 23.8. The van der Waals surface area contributed by atoms with E-state index in [9.17, 15) is 4.39 Å². The van der Waals surface area contributed by atoms with Crippen molar-refractivity contribution in [2.24, 2.45) is 0 Å². The molecule has 2 fully saturated rings. The topological polar surface area (TPSA) is 56.8 Å². The van der Waals surface area contributed by atoms with Gasteiger partial charge in [-0.15, -0.1) is 0 Å². The maximum absolute atomic E-state index is 14.6. The predicted molar refractivity (Wildman–Crippen MR) is 165 cm³/mol. The monoisotopic (exact) mass is 552 g/mol. The van der Waals surface area contributed by atoms with E-state index in [0.717, 1.165) is 72.0 Å². The Morgan fingerprint density at radius 1 is 1.02 bits per heavy atom. The number of nitrogens with one attached hydrogen (secondary N) is 1.